The monoisotopic (exact) mass is 292 g/mol. The normalized spacial score (nSPS) is 12.3. The molecule has 0 N–H and O–H groups in total. The minimum Gasteiger partial charge on any atom is -0.377 e. The molecule has 0 fully saturated rings. The number of rotatable bonds is 6. The standard InChI is InChI=1S/C11H17ClN2O3S/c1-9(2)17-8-7-14(3)18(15,16)10-5-4-6-13-11(10)12/h4-6,9H,7-8H2,1-3H3. The fraction of sp³-hybridized carbons (Fsp3) is 0.545. The third kappa shape index (κ3) is 3.91. The van der Waals surface area contributed by atoms with Crippen molar-refractivity contribution in [2.45, 2.75) is 24.8 Å². The molecule has 0 bridgehead atoms. The molecule has 0 saturated heterocycles. The highest BCUT2D eigenvalue weighted by atomic mass is 35.5. The number of hydrogen-bond donors (Lipinski definition) is 0. The summed E-state index contributed by atoms with van der Waals surface area (Å²) in [6, 6.07) is 2.97. The van der Waals surface area contributed by atoms with Crippen molar-refractivity contribution in [2.24, 2.45) is 0 Å². The van der Waals surface area contributed by atoms with Gasteiger partial charge in [-0.3, -0.25) is 0 Å². The van der Waals surface area contributed by atoms with Crippen LogP contribution in [-0.2, 0) is 14.8 Å². The van der Waals surface area contributed by atoms with Crippen molar-refractivity contribution in [3.63, 3.8) is 0 Å². The van der Waals surface area contributed by atoms with E-state index in [-0.39, 0.29) is 22.7 Å². The third-order valence-electron chi connectivity index (χ3n) is 2.27. The first-order valence-corrected chi connectivity index (χ1v) is 7.36. The molecule has 18 heavy (non-hydrogen) atoms. The highest BCUT2D eigenvalue weighted by Gasteiger charge is 2.23. The molecule has 1 heterocycles. The van der Waals surface area contributed by atoms with E-state index in [0.29, 0.717) is 6.61 Å². The van der Waals surface area contributed by atoms with Gasteiger partial charge in [0.2, 0.25) is 10.0 Å². The van der Waals surface area contributed by atoms with Gasteiger partial charge in [-0.15, -0.1) is 0 Å². The molecule has 1 aromatic heterocycles. The lowest BCUT2D eigenvalue weighted by molar-refractivity contribution is 0.0737. The van der Waals surface area contributed by atoms with Crippen LogP contribution in [0, 0.1) is 0 Å². The zero-order chi connectivity index (χ0) is 13.8. The number of aromatic nitrogens is 1. The van der Waals surface area contributed by atoms with Crippen molar-refractivity contribution in [1.82, 2.24) is 9.29 Å². The van der Waals surface area contributed by atoms with Crippen molar-refractivity contribution in [3.8, 4) is 0 Å². The van der Waals surface area contributed by atoms with Crippen LogP contribution in [0.3, 0.4) is 0 Å². The molecule has 0 radical (unpaired) electrons. The summed E-state index contributed by atoms with van der Waals surface area (Å²) in [6.45, 7) is 4.40. The second-order valence-corrected chi connectivity index (χ2v) is 6.41. The molecular weight excluding hydrogens is 276 g/mol. The molecule has 0 aliphatic heterocycles. The average Bonchev–Trinajstić information content (AvgIpc) is 2.28. The molecule has 0 aromatic carbocycles. The van der Waals surface area contributed by atoms with E-state index in [1.165, 1.54) is 29.7 Å². The first-order chi connectivity index (χ1) is 8.35. The number of halogens is 1. The van der Waals surface area contributed by atoms with Gasteiger partial charge in [-0.05, 0) is 26.0 Å². The van der Waals surface area contributed by atoms with Gasteiger partial charge in [0.05, 0.1) is 12.7 Å². The summed E-state index contributed by atoms with van der Waals surface area (Å²) < 4.78 is 30.9. The molecule has 0 amide bonds. The Hall–Kier alpha value is -0.690. The van der Waals surface area contributed by atoms with E-state index in [1.54, 1.807) is 0 Å². The van der Waals surface area contributed by atoms with Crippen LogP contribution in [0.4, 0.5) is 0 Å². The Morgan fingerprint density at radius 3 is 2.72 bits per heavy atom. The molecule has 102 valence electrons. The van der Waals surface area contributed by atoms with E-state index >= 15 is 0 Å². The Labute approximate surface area is 113 Å². The lowest BCUT2D eigenvalue weighted by Gasteiger charge is -2.18. The summed E-state index contributed by atoms with van der Waals surface area (Å²) in [7, 11) is -2.12. The van der Waals surface area contributed by atoms with Crippen LogP contribution in [0.15, 0.2) is 23.2 Å². The minimum atomic E-state index is -3.61. The number of pyridine rings is 1. The van der Waals surface area contributed by atoms with Gasteiger partial charge in [-0.25, -0.2) is 13.4 Å². The second kappa shape index (κ2) is 6.47. The van der Waals surface area contributed by atoms with Crippen LogP contribution in [0.2, 0.25) is 5.15 Å². The average molecular weight is 293 g/mol. The van der Waals surface area contributed by atoms with Gasteiger partial charge in [0.15, 0.2) is 0 Å². The highest BCUT2D eigenvalue weighted by Crippen LogP contribution is 2.20. The van der Waals surface area contributed by atoms with Crippen molar-refractivity contribution in [3.05, 3.63) is 23.5 Å². The first kappa shape index (κ1) is 15.4. The maximum atomic E-state index is 12.2. The number of likely N-dealkylation sites (N-methyl/N-ethyl adjacent to an activating group) is 1. The summed E-state index contributed by atoms with van der Waals surface area (Å²) in [5.74, 6) is 0. The summed E-state index contributed by atoms with van der Waals surface area (Å²) in [5, 5.41) is -0.0193. The fourth-order valence-electron chi connectivity index (χ4n) is 1.27. The molecule has 5 nitrogen and oxygen atoms in total. The largest absolute Gasteiger partial charge is 0.377 e. The van der Waals surface area contributed by atoms with Gasteiger partial charge in [0.25, 0.3) is 0 Å². The summed E-state index contributed by atoms with van der Waals surface area (Å²) >= 11 is 5.79. The first-order valence-electron chi connectivity index (χ1n) is 5.54. The molecule has 1 aromatic rings. The number of ether oxygens (including phenoxy) is 1. The van der Waals surface area contributed by atoms with Gasteiger partial charge < -0.3 is 4.74 Å². The van der Waals surface area contributed by atoms with Crippen LogP contribution in [0.5, 0.6) is 0 Å². The van der Waals surface area contributed by atoms with E-state index in [0.717, 1.165) is 0 Å². The molecule has 0 aliphatic carbocycles. The van der Waals surface area contributed by atoms with Gasteiger partial charge in [0, 0.05) is 19.8 Å². The van der Waals surface area contributed by atoms with Gasteiger partial charge in [-0.2, -0.15) is 4.31 Å². The lowest BCUT2D eigenvalue weighted by atomic mass is 10.5. The van der Waals surface area contributed by atoms with E-state index in [4.69, 9.17) is 16.3 Å². The van der Waals surface area contributed by atoms with Crippen LogP contribution < -0.4 is 0 Å². The van der Waals surface area contributed by atoms with Crippen molar-refractivity contribution >= 4 is 21.6 Å². The van der Waals surface area contributed by atoms with Crippen LogP contribution in [0.1, 0.15) is 13.8 Å². The zero-order valence-electron chi connectivity index (χ0n) is 10.6. The molecular formula is C11H17ClN2O3S. The Kier molecular flexibility index (Phi) is 5.52. The quantitative estimate of drug-likeness (QED) is 0.750. The van der Waals surface area contributed by atoms with Crippen molar-refractivity contribution in [2.75, 3.05) is 20.2 Å². The number of hydrogen-bond acceptors (Lipinski definition) is 4. The maximum Gasteiger partial charge on any atom is 0.245 e. The zero-order valence-corrected chi connectivity index (χ0v) is 12.2. The molecule has 1 rings (SSSR count). The smallest absolute Gasteiger partial charge is 0.245 e. The maximum absolute atomic E-state index is 12.2. The van der Waals surface area contributed by atoms with E-state index < -0.39 is 10.0 Å². The fourth-order valence-corrected chi connectivity index (χ4v) is 2.85. The molecule has 0 unspecified atom stereocenters. The Morgan fingerprint density at radius 1 is 1.50 bits per heavy atom. The molecule has 7 heteroatoms. The highest BCUT2D eigenvalue weighted by molar-refractivity contribution is 7.89. The molecule has 0 saturated carbocycles. The second-order valence-electron chi connectivity index (χ2n) is 4.04. The number of nitrogens with zero attached hydrogens (tertiary/aromatic N) is 2. The predicted molar refractivity (Wildman–Crippen MR) is 70.2 cm³/mol. The third-order valence-corrected chi connectivity index (χ3v) is 4.57. The van der Waals surface area contributed by atoms with Crippen molar-refractivity contribution in [1.29, 1.82) is 0 Å². The van der Waals surface area contributed by atoms with Gasteiger partial charge in [-0.1, -0.05) is 11.6 Å². The predicted octanol–water partition coefficient (Wildman–Crippen LogP) is 1.78. The van der Waals surface area contributed by atoms with Crippen molar-refractivity contribution < 1.29 is 13.2 Å². The SMILES string of the molecule is CC(C)OCCN(C)S(=O)(=O)c1cccnc1Cl. The van der Waals surface area contributed by atoms with Crippen LogP contribution in [0.25, 0.3) is 0 Å². The van der Waals surface area contributed by atoms with E-state index in [9.17, 15) is 8.42 Å². The topological polar surface area (TPSA) is 59.5 Å². The Morgan fingerprint density at radius 2 is 2.17 bits per heavy atom. The molecule has 0 aliphatic rings. The lowest BCUT2D eigenvalue weighted by Crippen LogP contribution is -2.31. The summed E-state index contributed by atoms with van der Waals surface area (Å²) in [4.78, 5) is 3.78. The van der Waals surface area contributed by atoms with Gasteiger partial charge >= 0.3 is 0 Å². The van der Waals surface area contributed by atoms with E-state index in [2.05, 4.69) is 4.98 Å². The van der Waals surface area contributed by atoms with E-state index in [1.807, 2.05) is 13.8 Å². The van der Waals surface area contributed by atoms with Gasteiger partial charge in [0.1, 0.15) is 10.0 Å². The van der Waals surface area contributed by atoms with Crippen LogP contribution >= 0.6 is 11.6 Å². The number of sulfonamides is 1. The summed E-state index contributed by atoms with van der Waals surface area (Å²) in [5.41, 5.74) is 0. The molecule has 0 atom stereocenters. The summed E-state index contributed by atoms with van der Waals surface area (Å²) in [6.07, 6.45) is 1.52. The Balaban J connectivity index is 2.78. The minimum absolute atomic E-state index is 0.0127. The Bertz CT molecular complexity index is 491. The molecule has 0 spiro atoms. The van der Waals surface area contributed by atoms with Crippen LogP contribution in [-0.4, -0.2) is 44.0 Å².